The Morgan fingerprint density at radius 2 is 1.86 bits per heavy atom. The summed E-state index contributed by atoms with van der Waals surface area (Å²) in [4.78, 5) is 34.2. The minimum Gasteiger partial charge on any atom is -0.494 e. The van der Waals surface area contributed by atoms with Gasteiger partial charge in [0.1, 0.15) is 11.6 Å². The first kappa shape index (κ1) is 23.9. The molecule has 1 aliphatic rings. The Morgan fingerprint density at radius 3 is 2.58 bits per heavy atom. The third-order valence-electron chi connectivity index (χ3n) is 5.86. The normalized spacial score (nSPS) is 14.2. The molecule has 1 saturated heterocycles. The van der Waals surface area contributed by atoms with Crippen molar-refractivity contribution < 1.29 is 13.9 Å². The van der Waals surface area contributed by atoms with E-state index in [4.69, 9.17) is 4.74 Å². The molecule has 2 aromatic carbocycles. The van der Waals surface area contributed by atoms with Gasteiger partial charge in [-0.1, -0.05) is 23.5 Å². The van der Waals surface area contributed by atoms with E-state index < -0.39 is 5.82 Å². The monoisotopic (exact) mass is 508 g/mol. The second-order valence-electron chi connectivity index (χ2n) is 8.32. The van der Waals surface area contributed by atoms with Crippen molar-refractivity contribution >= 4 is 28.0 Å². The van der Waals surface area contributed by atoms with Crippen LogP contribution in [0.3, 0.4) is 0 Å². The number of aromatic nitrogens is 3. The van der Waals surface area contributed by atoms with Crippen molar-refractivity contribution in [3.05, 3.63) is 76.5 Å². The predicted molar refractivity (Wildman–Crippen MR) is 136 cm³/mol. The molecule has 0 radical (unpaired) electrons. The molecule has 1 N–H and O–H groups in total. The van der Waals surface area contributed by atoms with Gasteiger partial charge < -0.3 is 15.0 Å². The summed E-state index contributed by atoms with van der Waals surface area (Å²) in [7, 11) is 0. The second-order valence-corrected chi connectivity index (χ2v) is 9.27. The van der Waals surface area contributed by atoms with Crippen molar-refractivity contribution in [1.29, 1.82) is 0 Å². The van der Waals surface area contributed by atoms with E-state index in [1.807, 2.05) is 31.2 Å². The Morgan fingerprint density at radius 1 is 1.11 bits per heavy atom. The fourth-order valence-electron chi connectivity index (χ4n) is 4.02. The van der Waals surface area contributed by atoms with E-state index in [1.54, 1.807) is 23.1 Å². The number of nitrogens with one attached hydrogen (secondary N) is 1. The lowest BCUT2D eigenvalue weighted by Gasteiger charge is -2.34. The lowest BCUT2D eigenvalue weighted by Crippen LogP contribution is -2.49. The van der Waals surface area contributed by atoms with Gasteiger partial charge in [0.15, 0.2) is 5.01 Å². The Hall–Kier alpha value is -3.83. The van der Waals surface area contributed by atoms with Crippen molar-refractivity contribution in [2.24, 2.45) is 0 Å². The number of hydrogen-bond acceptors (Lipinski definition) is 7. The largest absolute Gasteiger partial charge is 0.494 e. The van der Waals surface area contributed by atoms with Crippen LogP contribution in [0.5, 0.6) is 5.75 Å². The molecule has 11 heteroatoms. The first-order valence-corrected chi connectivity index (χ1v) is 12.5. The van der Waals surface area contributed by atoms with Crippen molar-refractivity contribution in [2.75, 3.05) is 38.1 Å². The molecule has 36 heavy (non-hydrogen) atoms. The molecule has 0 bridgehead atoms. The number of fused-ring (bicyclic) bond motifs is 1. The number of ether oxygens (including phenoxy) is 1. The quantitative estimate of drug-likeness (QED) is 0.427. The van der Waals surface area contributed by atoms with Crippen LogP contribution in [-0.2, 0) is 6.54 Å². The molecule has 2 amide bonds. The molecule has 0 atom stereocenters. The lowest BCUT2D eigenvalue weighted by molar-refractivity contribution is 0.142. The first-order chi connectivity index (χ1) is 17.5. The highest BCUT2D eigenvalue weighted by molar-refractivity contribution is 7.19. The van der Waals surface area contributed by atoms with Gasteiger partial charge in [0.05, 0.1) is 12.3 Å². The zero-order valence-corrected chi connectivity index (χ0v) is 20.5. The van der Waals surface area contributed by atoms with Crippen LogP contribution >= 0.6 is 11.3 Å². The summed E-state index contributed by atoms with van der Waals surface area (Å²) in [6, 6.07) is 14.9. The number of urea groups is 1. The maximum Gasteiger partial charge on any atom is 0.321 e. The van der Waals surface area contributed by atoms with Crippen molar-refractivity contribution in [2.45, 2.75) is 13.5 Å². The zero-order chi connectivity index (χ0) is 25.1. The van der Waals surface area contributed by atoms with Crippen LogP contribution in [-0.4, -0.2) is 63.2 Å². The van der Waals surface area contributed by atoms with Crippen LogP contribution in [0.25, 0.3) is 15.5 Å². The minimum absolute atomic E-state index is 0.151. The van der Waals surface area contributed by atoms with E-state index in [2.05, 4.69) is 20.3 Å². The number of rotatable bonds is 6. The maximum absolute atomic E-state index is 14.2. The van der Waals surface area contributed by atoms with Crippen LogP contribution in [0.2, 0.25) is 0 Å². The molecule has 3 heterocycles. The van der Waals surface area contributed by atoms with Gasteiger partial charge in [-0.25, -0.2) is 14.2 Å². The Labute approximate surface area is 210 Å². The van der Waals surface area contributed by atoms with E-state index in [0.717, 1.165) is 5.75 Å². The Bertz CT molecular complexity index is 1430. The summed E-state index contributed by atoms with van der Waals surface area (Å²) >= 11 is 1.18. The summed E-state index contributed by atoms with van der Waals surface area (Å²) in [5, 5.41) is 7.58. The predicted octanol–water partition coefficient (Wildman–Crippen LogP) is 3.71. The molecule has 1 fully saturated rings. The van der Waals surface area contributed by atoms with Crippen molar-refractivity contribution in [3.63, 3.8) is 0 Å². The SMILES string of the molecule is CCOc1ccc(NC(=O)N2CCN(Cc3cc(=O)n4nc(-c5ccccc5F)sc4n3)CC2)cc1. The van der Waals surface area contributed by atoms with E-state index in [-0.39, 0.29) is 11.6 Å². The molecule has 4 aromatic rings. The van der Waals surface area contributed by atoms with Gasteiger partial charge in [-0.05, 0) is 43.3 Å². The summed E-state index contributed by atoms with van der Waals surface area (Å²) in [5.74, 6) is 0.367. The number of piperazine rings is 1. The number of benzene rings is 2. The number of hydrogen-bond donors (Lipinski definition) is 1. The molecule has 186 valence electrons. The van der Waals surface area contributed by atoms with Gasteiger partial charge in [0.25, 0.3) is 5.56 Å². The topological polar surface area (TPSA) is 92.1 Å². The molecule has 1 aliphatic heterocycles. The molecule has 0 unspecified atom stereocenters. The summed E-state index contributed by atoms with van der Waals surface area (Å²) in [5.41, 5.74) is 1.37. The minimum atomic E-state index is -0.394. The average Bonchev–Trinajstić information content (AvgIpc) is 3.31. The molecule has 0 spiro atoms. The van der Waals surface area contributed by atoms with Crippen LogP contribution in [0.4, 0.5) is 14.9 Å². The molecule has 9 nitrogen and oxygen atoms in total. The van der Waals surface area contributed by atoms with E-state index in [1.165, 1.54) is 28.0 Å². The second kappa shape index (κ2) is 10.4. The number of halogens is 1. The van der Waals surface area contributed by atoms with Crippen LogP contribution in [0.1, 0.15) is 12.6 Å². The van der Waals surface area contributed by atoms with E-state index in [0.29, 0.717) is 66.2 Å². The highest BCUT2D eigenvalue weighted by atomic mass is 32.1. The van der Waals surface area contributed by atoms with E-state index in [9.17, 15) is 14.0 Å². The van der Waals surface area contributed by atoms with Gasteiger partial charge in [-0.15, -0.1) is 0 Å². The first-order valence-electron chi connectivity index (χ1n) is 11.7. The highest BCUT2D eigenvalue weighted by Gasteiger charge is 2.22. The van der Waals surface area contributed by atoms with Crippen LogP contribution in [0, 0.1) is 5.82 Å². The molecule has 2 aromatic heterocycles. The number of amides is 2. The molecule has 0 aliphatic carbocycles. The third-order valence-corrected chi connectivity index (χ3v) is 6.81. The number of carbonyl (C=O) groups excluding carboxylic acids is 1. The van der Waals surface area contributed by atoms with Crippen molar-refractivity contribution in [3.8, 4) is 16.3 Å². The molecular weight excluding hydrogens is 483 g/mol. The summed E-state index contributed by atoms with van der Waals surface area (Å²) in [6.45, 7) is 5.41. The van der Waals surface area contributed by atoms with Crippen LogP contribution in [0.15, 0.2) is 59.4 Å². The lowest BCUT2D eigenvalue weighted by atomic mass is 10.2. The van der Waals surface area contributed by atoms with Crippen LogP contribution < -0.4 is 15.6 Å². The highest BCUT2D eigenvalue weighted by Crippen LogP contribution is 2.26. The smallest absolute Gasteiger partial charge is 0.321 e. The van der Waals surface area contributed by atoms with Gasteiger partial charge in [-0.2, -0.15) is 9.61 Å². The maximum atomic E-state index is 14.2. The van der Waals surface area contributed by atoms with Gasteiger partial charge in [0.2, 0.25) is 4.96 Å². The van der Waals surface area contributed by atoms with E-state index >= 15 is 0 Å². The number of nitrogens with zero attached hydrogens (tertiary/aromatic N) is 5. The molecule has 5 rings (SSSR count). The average molecular weight is 509 g/mol. The fourth-order valence-corrected chi connectivity index (χ4v) is 4.97. The van der Waals surface area contributed by atoms with Crippen molar-refractivity contribution in [1.82, 2.24) is 24.4 Å². The molecule has 0 saturated carbocycles. The standard InChI is InChI=1S/C25H25FN6O3S/c1-2-35-19-9-7-17(8-10-19)27-24(34)31-13-11-30(12-14-31)16-18-15-22(33)32-25(28-18)36-23(29-32)20-5-3-4-6-21(20)26/h3-10,15H,2,11-14,16H2,1H3,(H,27,34). The Balaban J connectivity index is 1.20. The number of carbonyl (C=O) groups is 1. The van der Waals surface area contributed by atoms with Gasteiger partial charge in [0, 0.05) is 50.0 Å². The number of anilines is 1. The summed E-state index contributed by atoms with van der Waals surface area (Å²) < 4.78 is 20.8. The van der Waals surface area contributed by atoms with Gasteiger partial charge >= 0.3 is 6.03 Å². The summed E-state index contributed by atoms with van der Waals surface area (Å²) in [6.07, 6.45) is 0. The fraction of sp³-hybridized carbons (Fsp3) is 0.280. The zero-order valence-electron chi connectivity index (χ0n) is 19.7. The molecular formula is C25H25FN6O3S. The Kier molecular flexibility index (Phi) is 6.92. The third kappa shape index (κ3) is 5.21. The van der Waals surface area contributed by atoms with Gasteiger partial charge in [-0.3, -0.25) is 9.69 Å².